The number of carbonyl (C=O) groups is 2. The molecule has 1 saturated carbocycles. The molecule has 5 rings (SSSR count). The van der Waals surface area contributed by atoms with Gasteiger partial charge >= 0.3 is 0 Å². The number of primary amides is 1. The van der Waals surface area contributed by atoms with E-state index >= 15 is 0 Å². The number of aromatic nitrogens is 2. The van der Waals surface area contributed by atoms with Crippen molar-refractivity contribution < 1.29 is 14.1 Å². The van der Waals surface area contributed by atoms with Gasteiger partial charge in [0.2, 0.25) is 0 Å². The first-order valence-electron chi connectivity index (χ1n) is 11.7. The van der Waals surface area contributed by atoms with E-state index in [1.54, 1.807) is 0 Å². The Morgan fingerprint density at radius 3 is 2.58 bits per heavy atom. The maximum atomic E-state index is 12.6. The largest absolute Gasteiger partial charge is 0.366 e. The van der Waals surface area contributed by atoms with E-state index in [0.717, 1.165) is 57.2 Å². The lowest BCUT2D eigenvalue weighted by Gasteiger charge is -2.11. The lowest BCUT2D eigenvalue weighted by Crippen LogP contribution is -2.14. The third kappa shape index (κ3) is 3.84. The number of nitrogens with two attached hydrogens (primary N) is 1. The van der Waals surface area contributed by atoms with Gasteiger partial charge in [0.25, 0.3) is 5.91 Å². The van der Waals surface area contributed by atoms with E-state index in [-0.39, 0.29) is 5.78 Å². The number of fused-ring (bicyclic) bond motifs is 3. The number of Topliss-reactive ketones (excluding diaryl/α,β-unsaturated/α-hetero) is 1. The zero-order chi connectivity index (χ0) is 23.3. The Bertz CT molecular complexity index is 1390. The summed E-state index contributed by atoms with van der Waals surface area (Å²) in [5.74, 6) is 1.12. The molecule has 2 aromatic carbocycles. The van der Waals surface area contributed by atoms with E-state index in [1.165, 1.54) is 12.8 Å². The van der Waals surface area contributed by atoms with Crippen LogP contribution in [0, 0.1) is 19.8 Å². The van der Waals surface area contributed by atoms with Crippen LogP contribution in [-0.4, -0.2) is 21.4 Å². The van der Waals surface area contributed by atoms with Gasteiger partial charge in [0.15, 0.2) is 0 Å². The number of hydrogen-bond donors (Lipinski definition) is 1. The summed E-state index contributed by atoms with van der Waals surface area (Å²) >= 11 is 0. The van der Waals surface area contributed by atoms with Gasteiger partial charge in [-0.15, -0.1) is 0 Å². The highest BCUT2D eigenvalue weighted by Crippen LogP contribution is 2.40. The minimum atomic E-state index is -0.452. The highest BCUT2D eigenvalue weighted by atomic mass is 16.5. The second-order valence-corrected chi connectivity index (χ2v) is 9.35. The molecule has 33 heavy (non-hydrogen) atoms. The summed E-state index contributed by atoms with van der Waals surface area (Å²) in [6, 6.07) is 10.2. The molecule has 2 heterocycles. The quantitative estimate of drug-likeness (QED) is 0.390. The van der Waals surface area contributed by atoms with Crippen LogP contribution in [0.25, 0.3) is 32.9 Å². The number of aryl methyl sites for hydroxylation is 2. The molecule has 2 N–H and O–H groups in total. The van der Waals surface area contributed by atoms with Gasteiger partial charge in [-0.3, -0.25) is 9.59 Å². The van der Waals surface area contributed by atoms with Crippen LogP contribution in [-0.2, 0) is 17.8 Å². The molecular weight excluding hydrogens is 414 g/mol. The maximum absolute atomic E-state index is 12.6. The van der Waals surface area contributed by atoms with Crippen LogP contribution >= 0.6 is 0 Å². The average Bonchev–Trinajstić information content (AvgIpc) is 3.46. The number of carbonyl (C=O) groups excluding carboxylic acids is 2. The first-order valence-corrected chi connectivity index (χ1v) is 11.7. The summed E-state index contributed by atoms with van der Waals surface area (Å²) in [5.41, 5.74) is 11.9. The lowest BCUT2D eigenvalue weighted by molar-refractivity contribution is -0.118. The van der Waals surface area contributed by atoms with Gasteiger partial charge in [0.1, 0.15) is 11.5 Å². The van der Waals surface area contributed by atoms with Crippen molar-refractivity contribution >= 4 is 33.5 Å². The molecule has 0 aliphatic heterocycles. The molecule has 2 aromatic heterocycles. The van der Waals surface area contributed by atoms with Crippen molar-refractivity contribution in [2.75, 3.05) is 0 Å². The van der Waals surface area contributed by atoms with E-state index in [9.17, 15) is 9.59 Å². The molecule has 6 nitrogen and oxygen atoms in total. The van der Waals surface area contributed by atoms with Gasteiger partial charge in [-0.2, -0.15) is 0 Å². The van der Waals surface area contributed by atoms with E-state index in [4.69, 9.17) is 10.3 Å². The SMILES string of the molecule is CCCC(=O)Cc1ccc2c3cc(-c4c(C)noc4C)cc(C(N)=O)c3n(CC3CC3)c2c1. The Morgan fingerprint density at radius 2 is 1.94 bits per heavy atom. The summed E-state index contributed by atoms with van der Waals surface area (Å²) in [7, 11) is 0. The topological polar surface area (TPSA) is 91.1 Å². The number of hydrogen-bond acceptors (Lipinski definition) is 4. The predicted molar refractivity (Wildman–Crippen MR) is 129 cm³/mol. The van der Waals surface area contributed by atoms with Crippen LogP contribution in [0.4, 0.5) is 0 Å². The molecule has 0 radical (unpaired) electrons. The fourth-order valence-corrected chi connectivity index (χ4v) is 4.96. The Labute approximate surface area is 192 Å². The highest BCUT2D eigenvalue weighted by Gasteiger charge is 2.26. The number of ketones is 1. The van der Waals surface area contributed by atoms with Crippen molar-refractivity contribution in [2.24, 2.45) is 11.7 Å². The van der Waals surface area contributed by atoms with Gasteiger partial charge in [0, 0.05) is 41.2 Å². The monoisotopic (exact) mass is 443 g/mol. The summed E-state index contributed by atoms with van der Waals surface area (Å²) in [5, 5.41) is 6.14. The molecule has 170 valence electrons. The fraction of sp³-hybridized carbons (Fsp3) is 0.370. The van der Waals surface area contributed by atoms with Crippen LogP contribution in [0.1, 0.15) is 60.0 Å². The van der Waals surface area contributed by atoms with E-state index in [1.807, 2.05) is 32.9 Å². The Hall–Kier alpha value is -3.41. The van der Waals surface area contributed by atoms with Crippen LogP contribution < -0.4 is 5.73 Å². The van der Waals surface area contributed by atoms with E-state index < -0.39 is 5.91 Å². The minimum Gasteiger partial charge on any atom is -0.366 e. The smallest absolute Gasteiger partial charge is 0.250 e. The third-order valence-corrected chi connectivity index (χ3v) is 6.68. The second-order valence-electron chi connectivity index (χ2n) is 9.35. The standard InChI is InChI=1S/C27H29N3O3/c1-4-5-20(31)10-18-8-9-21-22-12-19(25-15(2)29-33-16(25)3)13-23(27(28)32)26(22)30(24(21)11-18)14-17-6-7-17/h8-9,11-13,17H,4-7,10,14H2,1-3H3,(H2,28,32). The van der Waals surface area contributed by atoms with Crippen molar-refractivity contribution in [2.45, 2.75) is 59.4 Å². The number of benzene rings is 2. The molecule has 0 spiro atoms. The number of nitrogens with zero attached hydrogens (tertiary/aromatic N) is 2. The second kappa shape index (κ2) is 8.18. The van der Waals surface area contributed by atoms with Gasteiger partial charge < -0.3 is 14.8 Å². The van der Waals surface area contributed by atoms with Crippen LogP contribution in [0.2, 0.25) is 0 Å². The minimum absolute atomic E-state index is 0.250. The van der Waals surface area contributed by atoms with E-state index in [2.05, 4.69) is 27.9 Å². The van der Waals surface area contributed by atoms with Crippen LogP contribution in [0.15, 0.2) is 34.9 Å². The molecular formula is C27H29N3O3. The maximum Gasteiger partial charge on any atom is 0.250 e. The van der Waals surface area contributed by atoms with Crippen molar-refractivity contribution in [3.63, 3.8) is 0 Å². The first kappa shape index (κ1) is 21.4. The molecule has 0 unspecified atom stereocenters. The molecule has 1 fully saturated rings. The zero-order valence-electron chi connectivity index (χ0n) is 19.4. The molecule has 6 heteroatoms. The Morgan fingerprint density at radius 1 is 1.15 bits per heavy atom. The zero-order valence-corrected chi connectivity index (χ0v) is 19.4. The van der Waals surface area contributed by atoms with Crippen molar-refractivity contribution in [1.29, 1.82) is 0 Å². The summed E-state index contributed by atoms with van der Waals surface area (Å²) in [6.45, 7) is 6.64. The number of rotatable bonds is 8. The summed E-state index contributed by atoms with van der Waals surface area (Å²) in [4.78, 5) is 24.9. The van der Waals surface area contributed by atoms with Gasteiger partial charge in [0.05, 0.1) is 16.8 Å². The highest BCUT2D eigenvalue weighted by molar-refractivity contribution is 6.17. The van der Waals surface area contributed by atoms with Crippen LogP contribution in [0.5, 0.6) is 0 Å². The summed E-state index contributed by atoms with van der Waals surface area (Å²) in [6.07, 6.45) is 4.27. The molecule has 4 aromatic rings. The van der Waals surface area contributed by atoms with Crippen molar-refractivity contribution in [3.8, 4) is 11.1 Å². The van der Waals surface area contributed by atoms with Gasteiger partial charge in [-0.1, -0.05) is 24.2 Å². The molecule has 1 aliphatic rings. The van der Waals surface area contributed by atoms with Gasteiger partial charge in [-0.05, 0) is 68.4 Å². The molecule has 1 aliphatic carbocycles. The predicted octanol–water partition coefficient (Wildman–Crippen LogP) is 5.49. The fourth-order valence-electron chi connectivity index (χ4n) is 4.96. The Balaban J connectivity index is 1.78. The van der Waals surface area contributed by atoms with Gasteiger partial charge in [-0.25, -0.2) is 0 Å². The lowest BCUT2D eigenvalue weighted by atomic mass is 9.97. The third-order valence-electron chi connectivity index (χ3n) is 6.68. The first-order chi connectivity index (χ1) is 15.9. The Kier molecular flexibility index (Phi) is 5.31. The normalized spacial score (nSPS) is 13.8. The molecule has 1 amide bonds. The molecule has 0 saturated heterocycles. The van der Waals surface area contributed by atoms with Crippen molar-refractivity contribution in [3.05, 3.63) is 52.9 Å². The molecule has 0 bridgehead atoms. The van der Waals surface area contributed by atoms with Crippen LogP contribution in [0.3, 0.4) is 0 Å². The molecule has 0 atom stereocenters. The number of amides is 1. The van der Waals surface area contributed by atoms with E-state index in [0.29, 0.717) is 30.1 Å². The average molecular weight is 444 g/mol. The summed E-state index contributed by atoms with van der Waals surface area (Å²) < 4.78 is 7.63. The van der Waals surface area contributed by atoms with Crippen molar-refractivity contribution in [1.82, 2.24) is 9.72 Å².